The number of carboxylic acid groups (broad SMARTS) is 1. The average Bonchev–Trinajstić information content (AvgIpc) is 2.37. The first-order valence-corrected chi connectivity index (χ1v) is 5.68. The Hall–Kier alpha value is -2.15. The summed E-state index contributed by atoms with van der Waals surface area (Å²) in [6.07, 6.45) is -0.439. The van der Waals surface area contributed by atoms with E-state index in [0.29, 0.717) is 12.0 Å². The molecule has 104 valence electrons. The van der Waals surface area contributed by atoms with Crippen molar-refractivity contribution in [1.29, 1.82) is 0 Å². The highest BCUT2D eigenvalue weighted by Crippen LogP contribution is 2.31. The van der Waals surface area contributed by atoms with Crippen molar-refractivity contribution < 1.29 is 24.7 Å². The summed E-state index contributed by atoms with van der Waals surface area (Å²) in [6, 6.07) is 4.18. The van der Waals surface area contributed by atoms with E-state index in [1.807, 2.05) is 0 Å². The minimum Gasteiger partial charge on any atom is -0.490 e. The van der Waals surface area contributed by atoms with E-state index >= 15 is 0 Å². The zero-order valence-electron chi connectivity index (χ0n) is 10.4. The van der Waals surface area contributed by atoms with Crippen LogP contribution in [0.1, 0.15) is 30.9 Å². The number of nitro benzene ring substituents is 1. The predicted octanol–water partition coefficient (Wildman–Crippen LogP) is 1.89. The summed E-state index contributed by atoms with van der Waals surface area (Å²) in [5, 5.41) is 29.2. The first-order valence-electron chi connectivity index (χ1n) is 5.68. The lowest BCUT2D eigenvalue weighted by atomic mass is 10.0. The molecule has 0 fully saturated rings. The Labute approximate surface area is 109 Å². The Kier molecular flexibility index (Phi) is 5.25. The second kappa shape index (κ2) is 6.69. The number of methoxy groups -OCH3 is 1. The van der Waals surface area contributed by atoms with Crippen molar-refractivity contribution in [3.05, 3.63) is 33.9 Å². The standard InChI is InChI=1S/C12H15NO6/c1-19-11-6-5-8(7-9(11)13(17)18)10(14)3-2-4-12(15)16/h5-7,10,14H,2-4H2,1H3,(H,15,16). The van der Waals surface area contributed by atoms with Gasteiger partial charge >= 0.3 is 11.7 Å². The molecule has 1 atom stereocenters. The predicted molar refractivity (Wildman–Crippen MR) is 66.1 cm³/mol. The summed E-state index contributed by atoms with van der Waals surface area (Å²) in [6.45, 7) is 0. The largest absolute Gasteiger partial charge is 0.490 e. The second-order valence-electron chi connectivity index (χ2n) is 3.99. The van der Waals surface area contributed by atoms with Gasteiger partial charge in [-0.25, -0.2) is 0 Å². The van der Waals surface area contributed by atoms with Gasteiger partial charge in [-0.1, -0.05) is 6.07 Å². The maximum atomic E-state index is 10.8. The van der Waals surface area contributed by atoms with Crippen LogP contribution in [-0.2, 0) is 4.79 Å². The normalized spacial score (nSPS) is 11.9. The molecule has 1 aromatic rings. The number of carboxylic acids is 1. The Morgan fingerprint density at radius 3 is 2.74 bits per heavy atom. The van der Waals surface area contributed by atoms with Crippen LogP contribution in [0.4, 0.5) is 5.69 Å². The molecular weight excluding hydrogens is 254 g/mol. The van der Waals surface area contributed by atoms with E-state index in [1.54, 1.807) is 0 Å². The SMILES string of the molecule is COc1ccc(C(O)CCCC(=O)O)cc1[N+](=O)[O-]. The maximum absolute atomic E-state index is 10.8. The Bertz CT molecular complexity index is 473. The monoisotopic (exact) mass is 269 g/mol. The number of aliphatic hydroxyl groups is 1. The molecule has 1 unspecified atom stereocenters. The molecule has 0 aliphatic carbocycles. The molecule has 1 rings (SSSR count). The Morgan fingerprint density at radius 2 is 2.21 bits per heavy atom. The third-order valence-electron chi connectivity index (χ3n) is 2.65. The van der Waals surface area contributed by atoms with Gasteiger partial charge in [0.05, 0.1) is 18.1 Å². The first kappa shape index (κ1) is 14.9. The van der Waals surface area contributed by atoms with E-state index in [9.17, 15) is 20.0 Å². The second-order valence-corrected chi connectivity index (χ2v) is 3.99. The molecule has 0 saturated carbocycles. The number of aliphatic carboxylic acids is 1. The lowest BCUT2D eigenvalue weighted by molar-refractivity contribution is -0.385. The summed E-state index contributed by atoms with van der Waals surface area (Å²) >= 11 is 0. The van der Waals surface area contributed by atoms with Gasteiger partial charge in [0.1, 0.15) is 0 Å². The van der Waals surface area contributed by atoms with Gasteiger partial charge in [-0.05, 0) is 24.5 Å². The van der Waals surface area contributed by atoms with E-state index in [-0.39, 0.29) is 24.3 Å². The highest BCUT2D eigenvalue weighted by Gasteiger charge is 2.18. The molecule has 19 heavy (non-hydrogen) atoms. The quantitative estimate of drug-likeness (QED) is 0.577. The number of hydrogen-bond acceptors (Lipinski definition) is 5. The summed E-state index contributed by atoms with van der Waals surface area (Å²) < 4.78 is 4.85. The van der Waals surface area contributed by atoms with Crippen molar-refractivity contribution in [2.24, 2.45) is 0 Å². The fraction of sp³-hybridized carbons (Fsp3) is 0.417. The molecule has 0 aromatic heterocycles. The molecule has 7 heteroatoms. The third-order valence-corrected chi connectivity index (χ3v) is 2.65. The van der Waals surface area contributed by atoms with Gasteiger partial charge in [-0.15, -0.1) is 0 Å². The molecule has 0 spiro atoms. The summed E-state index contributed by atoms with van der Waals surface area (Å²) in [5.41, 5.74) is 0.148. The number of carbonyl (C=O) groups is 1. The highest BCUT2D eigenvalue weighted by molar-refractivity contribution is 5.66. The molecule has 0 aliphatic heterocycles. The summed E-state index contributed by atoms with van der Waals surface area (Å²) in [4.78, 5) is 20.6. The number of benzene rings is 1. The van der Waals surface area contributed by atoms with E-state index in [0.717, 1.165) is 0 Å². The minimum absolute atomic E-state index is 0.0463. The number of aliphatic hydroxyl groups excluding tert-OH is 1. The molecule has 0 amide bonds. The van der Waals surface area contributed by atoms with Crippen LogP contribution in [0.5, 0.6) is 5.75 Å². The topological polar surface area (TPSA) is 110 Å². The van der Waals surface area contributed by atoms with Crippen molar-refractivity contribution in [3.63, 3.8) is 0 Å². The molecular formula is C12H15NO6. The number of nitrogens with zero attached hydrogens (tertiary/aromatic N) is 1. The van der Waals surface area contributed by atoms with E-state index in [4.69, 9.17) is 9.84 Å². The molecule has 0 saturated heterocycles. The lowest BCUT2D eigenvalue weighted by Crippen LogP contribution is -2.02. The van der Waals surface area contributed by atoms with Crippen LogP contribution in [0.3, 0.4) is 0 Å². The number of hydrogen-bond donors (Lipinski definition) is 2. The van der Waals surface area contributed by atoms with Crippen molar-refractivity contribution in [2.75, 3.05) is 7.11 Å². The van der Waals surface area contributed by atoms with E-state index < -0.39 is 17.0 Å². The van der Waals surface area contributed by atoms with Gasteiger partial charge in [0.15, 0.2) is 5.75 Å². The zero-order valence-corrected chi connectivity index (χ0v) is 10.4. The molecule has 1 aromatic carbocycles. The highest BCUT2D eigenvalue weighted by atomic mass is 16.6. The van der Waals surface area contributed by atoms with Crippen LogP contribution in [0.2, 0.25) is 0 Å². The van der Waals surface area contributed by atoms with Gasteiger partial charge < -0.3 is 14.9 Å². The van der Waals surface area contributed by atoms with Crippen molar-refractivity contribution in [3.8, 4) is 5.75 Å². The van der Waals surface area contributed by atoms with Crippen LogP contribution in [0, 0.1) is 10.1 Å². The van der Waals surface area contributed by atoms with Crippen molar-refractivity contribution in [1.82, 2.24) is 0 Å². The van der Waals surface area contributed by atoms with Crippen LogP contribution < -0.4 is 4.74 Å². The third kappa shape index (κ3) is 4.22. The first-order chi connectivity index (χ1) is 8.95. The van der Waals surface area contributed by atoms with Crippen LogP contribution in [-0.4, -0.2) is 28.2 Å². The molecule has 0 bridgehead atoms. The molecule has 0 heterocycles. The van der Waals surface area contributed by atoms with E-state index in [2.05, 4.69) is 0 Å². The molecule has 0 radical (unpaired) electrons. The van der Waals surface area contributed by atoms with Gasteiger partial charge in [0.25, 0.3) is 0 Å². The molecule has 0 aliphatic rings. The zero-order chi connectivity index (χ0) is 14.4. The van der Waals surface area contributed by atoms with Gasteiger partial charge in [0.2, 0.25) is 0 Å². The molecule has 2 N–H and O–H groups in total. The average molecular weight is 269 g/mol. The van der Waals surface area contributed by atoms with Crippen LogP contribution in [0.25, 0.3) is 0 Å². The van der Waals surface area contributed by atoms with Gasteiger partial charge in [-0.3, -0.25) is 14.9 Å². The Balaban J connectivity index is 2.80. The van der Waals surface area contributed by atoms with Crippen LogP contribution in [0.15, 0.2) is 18.2 Å². The minimum atomic E-state index is -0.937. The number of ether oxygens (including phenoxy) is 1. The van der Waals surface area contributed by atoms with Crippen molar-refractivity contribution in [2.45, 2.75) is 25.4 Å². The van der Waals surface area contributed by atoms with E-state index in [1.165, 1.54) is 25.3 Å². The van der Waals surface area contributed by atoms with Gasteiger partial charge in [-0.2, -0.15) is 0 Å². The Morgan fingerprint density at radius 1 is 1.53 bits per heavy atom. The van der Waals surface area contributed by atoms with Gasteiger partial charge in [0, 0.05) is 12.5 Å². The fourth-order valence-corrected chi connectivity index (χ4v) is 1.67. The number of nitro groups is 1. The summed E-state index contributed by atoms with van der Waals surface area (Å²) in [7, 11) is 1.32. The van der Waals surface area contributed by atoms with Crippen molar-refractivity contribution >= 4 is 11.7 Å². The summed E-state index contributed by atoms with van der Waals surface area (Å²) in [5.74, 6) is -0.820. The lowest BCUT2D eigenvalue weighted by Gasteiger charge is -2.11. The molecule has 7 nitrogen and oxygen atoms in total. The number of rotatable bonds is 7. The smallest absolute Gasteiger partial charge is 0.311 e. The maximum Gasteiger partial charge on any atom is 0.311 e. The fourth-order valence-electron chi connectivity index (χ4n) is 1.67. The van der Waals surface area contributed by atoms with Crippen LogP contribution >= 0.6 is 0 Å².